The molecular formula is C18H19N3O2. The lowest BCUT2D eigenvalue weighted by Crippen LogP contribution is -2.19. The van der Waals surface area contributed by atoms with Crippen LogP contribution in [0.3, 0.4) is 0 Å². The monoisotopic (exact) mass is 309 g/mol. The van der Waals surface area contributed by atoms with E-state index < -0.39 is 0 Å². The summed E-state index contributed by atoms with van der Waals surface area (Å²) in [5.74, 6) is -0.0917. The molecule has 1 aliphatic rings. The van der Waals surface area contributed by atoms with Crippen molar-refractivity contribution in [3.05, 3.63) is 53.3 Å². The lowest BCUT2D eigenvalue weighted by atomic mass is 10.0. The van der Waals surface area contributed by atoms with Gasteiger partial charge in [-0.3, -0.25) is 14.6 Å². The van der Waals surface area contributed by atoms with Crippen molar-refractivity contribution in [1.82, 2.24) is 4.98 Å². The van der Waals surface area contributed by atoms with Crippen LogP contribution in [-0.4, -0.2) is 16.8 Å². The van der Waals surface area contributed by atoms with E-state index in [2.05, 4.69) is 22.5 Å². The number of nitrogens with zero attached hydrogens (tertiary/aromatic N) is 1. The third kappa shape index (κ3) is 3.39. The maximum atomic E-state index is 12.5. The van der Waals surface area contributed by atoms with Crippen molar-refractivity contribution in [3.8, 4) is 0 Å². The van der Waals surface area contributed by atoms with Crippen LogP contribution in [0.25, 0.3) is 0 Å². The quantitative estimate of drug-likeness (QED) is 0.911. The van der Waals surface area contributed by atoms with Crippen LogP contribution in [0.15, 0.2) is 36.7 Å². The summed E-state index contributed by atoms with van der Waals surface area (Å²) in [4.78, 5) is 28.0. The molecule has 118 valence electrons. The molecule has 3 rings (SSSR count). The summed E-state index contributed by atoms with van der Waals surface area (Å²) in [6.07, 6.45) is 6.35. The fourth-order valence-electron chi connectivity index (χ4n) is 2.78. The molecule has 0 unspecified atom stereocenters. The van der Waals surface area contributed by atoms with E-state index in [1.54, 1.807) is 18.5 Å². The summed E-state index contributed by atoms with van der Waals surface area (Å²) in [5, 5.41) is 5.78. The molecule has 0 fully saturated rings. The molecule has 0 atom stereocenters. The van der Waals surface area contributed by atoms with Crippen molar-refractivity contribution in [3.63, 3.8) is 0 Å². The van der Waals surface area contributed by atoms with Gasteiger partial charge in [-0.25, -0.2) is 0 Å². The molecule has 2 heterocycles. The van der Waals surface area contributed by atoms with Gasteiger partial charge in [-0.05, 0) is 48.2 Å². The highest BCUT2D eigenvalue weighted by atomic mass is 16.2. The third-order valence-corrected chi connectivity index (χ3v) is 3.93. The van der Waals surface area contributed by atoms with E-state index >= 15 is 0 Å². The molecule has 2 N–H and O–H groups in total. The van der Waals surface area contributed by atoms with Crippen molar-refractivity contribution in [2.45, 2.75) is 32.6 Å². The highest BCUT2D eigenvalue weighted by Gasteiger charge is 2.16. The zero-order valence-corrected chi connectivity index (χ0v) is 13.1. The van der Waals surface area contributed by atoms with E-state index in [0.717, 1.165) is 35.3 Å². The SMILES string of the molecule is CCCc1cnccc1C(=O)Nc1ccc2c(c1)CCC(=O)N2. The number of fused-ring (bicyclic) bond motifs is 1. The predicted octanol–water partition coefficient (Wildman–Crippen LogP) is 3.17. The highest BCUT2D eigenvalue weighted by molar-refractivity contribution is 6.05. The maximum absolute atomic E-state index is 12.5. The largest absolute Gasteiger partial charge is 0.326 e. The molecular weight excluding hydrogens is 290 g/mol. The van der Waals surface area contributed by atoms with Gasteiger partial charge in [-0.1, -0.05) is 13.3 Å². The van der Waals surface area contributed by atoms with E-state index in [1.165, 1.54) is 0 Å². The molecule has 1 aliphatic heterocycles. The molecule has 5 heteroatoms. The summed E-state index contributed by atoms with van der Waals surface area (Å²) in [5.41, 5.74) is 4.23. The van der Waals surface area contributed by atoms with E-state index in [0.29, 0.717) is 18.4 Å². The summed E-state index contributed by atoms with van der Waals surface area (Å²) >= 11 is 0. The molecule has 0 aliphatic carbocycles. The minimum absolute atomic E-state index is 0.0373. The first kappa shape index (κ1) is 15.2. The first-order valence-electron chi connectivity index (χ1n) is 7.84. The number of pyridine rings is 1. The van der Waals surface area contributed by atoms with Gasteiger partial charge in [0, 0.05) is 35.8 Å². The van der Waals surface area contributed by atoms with Crippen molar-refractivity contribution >= 4 is 23.2 Å². The van der Waals surface area contributed by atoms with Gasteiger partial charge in [-0.2, -0.15) is 0 Å². The van der Waals surface area contributed by atoms with Crippen LogP contribution in [0.5, 0.6) is 0 Å². The first-order valence-corrected chi connectivity index (χ1v) is 7.84. The number of aryl methyl sites for hydroxylation is 2. The van der Waals surface area contributed by atoms with Crippen LogP contribution in [-0.2, 0) is 17.6 Å². The molecule has 2 amide bonds. The number of carbonyl (C=O) groups is 2. The fourth-order valence-corrected chi connectivity index (χ4v) is 2.78. The number of hydrogen-bond acceptors (Lipinski definition) is 3. The fraction of sp³-hybridized carbons (Fsp3) is 0.278. The summed E-state index contributed by atoms with van der Waals surface area (Å²) in [6.45, 7) is 2.08. The van der Waals surface area contributed by atoms with Crippen LogP contribution in [0.4, 0.5) is 11.4 Å². The second-order valence-corrected chi connectivity index (χ2v) is 5.66. The van der Waals surface area contributed by atoms with Crippen LogP contribution < -0.4 is 10.6 Å². The van der Waals surface area contributed by atoms with E-state index in [1.807, 2.05) is 18.2 Å². The van der Waals surface area contributed by atoms with Crippen molar-refractivity contribution in [2.75, 3.05) is 10.6 Å². The zero-order chi connectivity index (χ0) is 16.2. The minimum atomic E-state index is -0.129. The summed E-state index contributed by atoms with van der Waals surface area (Å²) < 4.78 is 0. The van der Waals surface area contributed by atoms with Gasteiger partial charge in [0.25, 0.3) is 5.91 Å². The Morgan fingerprint density at radius 2 is 2.17 bits per heavy atom. The average molecular weight is 309 g/mol. The van der Waals surface area contributed by atoms with E-state index in [-0.39, 0.29) is 11.8 Å². The predicted molar refractivity (Wildman–Crippen MR) is 89.6 cm³/mol. The molecule has 23 heavy (non-hydrogen) atoms. The lowest BCUT2D eigenvalue weighted by Gasteiger charge is -2.18. The van der Waals surface area contributed by atoms with Crippen molar-refractivity contribution in [2.24, 2.45) is 0 Å². The highest BCUT2D eigenvalue weighted by Crippen LogP contribution is 2.26. The maximum Gasteiger partial charge on any atom is 0.256 e. The van der Waals surface area contributed by atoms with Crippen molar-refractivity contribution in [1.29, 1.82) is 0 Å². The van der Waals surface area contributed by atoms with Gasteiger partial charge in [0.05, 0.1) is 0 Å². The molecule has 0 saturated carbocycles. The van der Waals surface area contributed by atoms with Gasteiger partial charge >= 0.3 is 0 Å². The number of carbonyl (C=O) groups excluding carboxylic acids is 2. The molecule has 0 radical (unpaired) electrons. The van der Waals surface area contributed by atoms with E-state index in [4.69, 9.17) is 0 Å². The minimum Gasteiger partial charge on any atom is -0.326 e. The number of aromatic nitrogens is 1. The van der Waals surface area contributed by atoms with Gasteiger partial charge in [-0.15, -0.1) is 0 Å². The average Bonchev–Trinajstić information content (AvgIpc) is 2.56. The number of nitrogens with one attached hydrogen (secondary N) is 2. The molecule has 0 spiro atoms. The van der Waals surface area contributed by atoms with Gasteiger partial charge in [0.2, 0.25) is 5.91 Å². The number of rotatable bonds is 4. The molecule has 0 saturated heterocycles. The molecule has 1 aromatic heterocycles. The zero-order valence-electron chi connectivity index (χ0n) is 13.1. The summed E-state index contributed by atoms with van der Waals surface area (Å²) in [7, 11) is 0. The topological polar surface area (TPSA) is 71.1 Å². The number of hydrogen-bond donors (Lipinski definition) is 2. The van der Waals surface area contributed by atoms with Crippen LogP contribution in [0.1, 0.15) is 41.3 Å². The Morgan fingerprint density at radius 1 is 1.30 bits per heavy atom. The number of amides is 2. The molecule has 5 nitrogen and oxygen atoms in total. The van der Waals surface area contributed by atoms with Crippen LogP contribution in [0, 0.1) is 0 Å². The third-order valence-electron chi connectivity index (χ3n) is 3.93. The normalized spacial score (nSPS) is 13.2. The Labute approximate surface area is 135 Å². The van der Waals surface area contributed by atoms with Gasteiger partial charge in [0.1, 0.15) is 0 Å². The Morgan fingerprint density at radius 3 is 3.00 bits per heavy atom. The molecule has 2 aromatic rings. The lowest BCUT2D eigenvalue weighted by molar-refractivity contribution is -0.116. The van der Waals surface area contributed by atoms with E-state index in [9.17, 15) is 9.59 Å². The van der Waals surface area contributed by atoms with Crippen molar-refractivity contribution < 1.29 is 9.59 Å². The number of benzene rings is 1. The van der Waals surface area contributed by atoms with Crippen LogP contribution in [0.2, 0.25) is 0 Å². The Bertz CT molecular complexity index is 756. The Kier molecular flexibility index (Phi) is 4.37. The molecule has 1 aromatic carbocycles. The first-order chi connectivity index (χ1) is 11.2. The smallest absolute Gasteiger partial charge is 0.256 e. The van der Waals surface area contributed by atoms with Gasteiger partial charge < -0.3 is 10.6 Å². The molecule has 0 bridgehead atoms. The van der Waals surface area contributed by atoms with Gasteiger partial charge in [0.15, 0.2) is 0 Å². The Balaban J connectivity index is 1.80. The number of anilines is 2. The Hall–Kier alpha value is -2.69. The second kappa shape index (κ2) is 6.60. The van der Waals surface area contributed by atoms with Crippen LogP contribution >= 0.6 is 0 Å². The standard InChI is InChI=1S/C18H19N3O2/c1-2-3-13-11-19-9-8-15(13)18(23)20-14-5-6-16-12(10-14)4-7-17(22)21-16/h5-6,8-11H,2-4,7H2,1H3,(H,20,23)(H,21,22). The summed E-state index contributed by atoms with van der Waals surface area (Å²) in [6, 6.07) is 7.32. The second-order valence-electron chi connectivity index (χ2n) is 5.66.